The Balaban J connectivity index is 2.43. The Labute approximate surface area is 118 Å². The van der Waals surface area contributed by atoms with Gasteiger partial charge in [-0.2, -0.15) is 11.8 Å². The molecule has 0 bridgehead atoms. The zero-order chi connectivity index (χ0) is 13.5. The molecule has 0 spiro atoms. The van der Waals surface area contributed by atoms with Crippen molar-refractivity contribution in [3.05, 3.63) is 34.3 Å². The van der Waals surface area contributed by atoms with Crippen molar-refractivity contribution in [2.75, 3.05) is 5.75 Å². The van der Waals surface area contributed by atoms with E-state index in [4.69, 9.17) is 5.11 Å². The molecule has 0 aromatic heterocycles. The highest BCUT2D eigenvalue weighted by atomic mass is 79.9. The summed E-state index contributed by atoms with van der Waals surface area (Å²) < 4.78 is 0.997. The molecule has 6 heteroatoms. The van der Waals surface area contributed by atoms with Gasteiger partial charge in [-0.25, -0.2) is 4.79 Å². The summed E-state index contributed by atoms with van der Waals surface area (Å²) in [5.41, 5.74) is 1.11. The molecule has 1 aromatic carbocycles. The van der Waals surface area contributed by atoms with Crippen LogP contribution in [0, 0.1) is 0 Å². The second-order valence-electron chi connectivity index (χ2n) is 3.74. The Morgan fingerprint density at radius 3 is 2.78 bits per heavy atom. The molecule has 1 atom stereocenters. The summed E-state index contributed by atoms with van der Waals surface area (Å²) in [6.07, 6.45) is 0. The van der Waals surface area contributed by atoms with Gasteiger partial charge in [0, 0.05) is 22.9 Å². The highest BCUT2D eigenvalue weighted by Crippen LogP contribution is 2.17. The minimum Gasteiger partial charge on any atom is -0.480 e. The maximum Gasteiger partial charge on any atom is 0.327 e. The topological polar surface area (TPSA) is 66.4 Å². The number of carboxylic acids is 1. The number of carbonyl (C=O) groups excluding carboxylic acids is 1. The Morgan fingerprint density at radius 1 is 1.50 bits per heavy atom. The number of hydrogen-bond donors (Lipinski definition) is 2. The smallest absolute Gasteiger partial charge is 0.327 e. The molecule has 0 saturated heterocycles. The standard InChI is InChI=1S/C12H14BrNO3S/c1-8(15)14-11(12(16)17)7-18-6-9-3-2-4-10(13)5-9/h2-5,11H,6-7H2,1H3,(H,14,15)(H,16,17). The Bertz CT molecular complexity index is 439. The summed E-state index contributed by atoms with van der Waals surface area (Å²) in [5, 5.41) is 11.3. The summed E-state index contributed by atoms with van der Waals surface area (Å²) >= 11 is 4.86. The second kappa shape index (κ2) is 7.43. The third kappa shape index (κ3) is 5.55. The quantitative estimate of drug-likeness (QED) is 0.839. The van der Waals surface area contributed by atoms with E-state index in [-0.39, 0.29) is 5.91 Å². The lowest BCUT2D eigenvalue weighted by atomic mass is 10.2. The average Bonchev–Trinajstić information content (AvgIpc) is 2.27. The lowest BCUT2D eigenvalue weighted by molar-refractivity contribution is -0.140. The molecule has 1 rings (SSSR count). The van der Waals surface area contributed by atoms with Crippen LogP contribution in [0.1, 0.15) is 12.5 Å². The molecule has 0 aliphatic heterocycles. The van der Waals surface area contributed by atoms with Gasteiger partial charge in [0.25, 0.3) is 0 Å². The van der Waals surface area contributed by atoms with E-state index in [1.807, 2.05) is 24.3 Å². The minimum absolute atomic E-state index is 0.328. The molecule has 0 aliphatic carbocycles. The summed E-state index contributed by atoms with van der Waals surface area (Å²) in [6.45, 7) is 1.31. The van der Waals surface area contributed by atoms with Crippen molar-refractivity contribution in [1.82, 2.24) is 5.32 Å². The predicted molar refractivity (Wildman–Crippen MR) is 75.5 cm³/mol. The highest BCUT2D eigenvalue weighted by Gasteiger charge is 2.17. The predicted octanol–water partition coefficient (Wildman–Crippen LogP) is 2.27. The number of aliphatic carboxylic acids is 1. The molecule has 1 amide bonds. The van der Waals surface area contributed by atoms with Crippen LogP contribution in [0.15, 0.2) is 28.7 Å². The maximum absolute atomic E-state index is 10.9. The van der Waals surface area contributed by atoms with E-state index in [9.17, 15) is 9.59 Å². The Kier molecular flexibility index (Phi) is 6.21. The van der Waals surface area contributed by atoms with Gasteiger partial charge in [0.15, 0.2) is 0 Å². The van der Waals surface area contributed by atoms with Gasteiger partial charge in [0.05, 0.1) is 0 Å². The molecule has 18 heavy (non-hydrogen) atoms. The molecule has 4 nitrogen and oxygen atoms in total. The molecule has 2 N–H and O–H groups in total. The third-order valence-electron chi connectivity index (χ3n) is 2.12. The molecular weight excluding hydrogens is 318 g/mol. The number of halogens is 1. The van der Waals surface area contributed by atoms with Crippen LogP contribution < -0.4 is 5.32 Å². The largest absolute Gasteiger partial charge is 0.480 e. The molecule has 0 radical (unpaired) electrons. The first-order valence-electron chi connectivity index (χ1n) is 5.31. The van der Waals surface area contributed by atoms with Crippen LogP contribution in [0.5, 0.6) is 0 Å². The van der Waals surface area contributed by atoms with Crippen LogP contribution in [-0.4, -0.2) is 28.8 Å². The van der Waals surface area contributed by atoms with E-state index in [0.717, 1.165) is 10.0 Å². The summed E-state index contributed by atoms with van der Waals surface area (Å²) in [7, 11) is 0. The maximum atomic E-state index is 10.9. The van der Waals surface area contributed by atoms with E-state index in [0.29, 0.717) is 11.5 Å². The van der Waals surface area contributed by atoms with E-state index < -0.39 is 12.0 Å². The van der Waals surface area contributed by atoms with Crippen molar-refractivity contribution >= 4 is 39.6 Å². The number of rotatable bonds is 6. The van der Waals surface area contributed by atoms with Gasteiger partial charge in [-0.05, 0) is 17.7 Å². The average molecular weight is 332 g/mol. The monoisotopic (exact) mass is 331 g/mol. The van der Waals surface area contributed by atoms with Crippen LogP contribution in [0.2, 0.25) is 0 Å². The normalized spacial score (nSPS) is 11.9. The van der Waals surface area contributed by atoms with Crippen LogP contribution in [0.4, 0.5) is 0 Å². The van der Waals surface area contributed by atoms with Crippen molar-refractivity contribution in [2.45, 2.75) is 18.7 Å². The number of thioether (sulfide) groups is 1. The van der Waals surface area contributed by atoms with Gasteiger partial charge < -0.3 is 10.4 Å². The van der Waals surface area contributed by atoms with E-state index in [2.05, 4.69) is 21.2 Å². The number of amides is 1. The molecule has 0 saturated carbocycles. The molecule has 1 unspecified atom stereocenters. The number of hydrogen-bond acceptors (Lipinski definition) is 3. The zero-order valence-electron chi connectivity index (χ0n) is 9.85. The third-order valence-corrected chi connectivity index (χ3v) is 3.72. The minimum atomic E-state index is -1.01. The Morgan fingerprint density at radius 2 is 2.22 bits per heavy atom. The van der Waals surface area contributed by atoms with Gasteiger partial charge in [-0.15, -0.1) is 0 Å². The zero-order valence-corrected chi connectivity index (χ0v) is 12.3. The molecular formula is C12H14BrNO3S. The highest BCUT2D eigenvalue weighted by molar-refractivity contribution is 9.10. The number of carbonyl (C=O) groups is 2. The van der Waals surface area contributed by atoms with Crippen molar-refractivity contribution < 1.29 is 14.7 Å². The fourth-order valence-electron chi connectivity index (χ4n) is 1.34. The second-order valence-corrected chi connectivity index (χ2v) is 5.68. The fourth-order valence-corrected chi connectivity index (χ4v) is 2.78. The SMILES string of the molecule is CC(=O)NC(CSCc1cccc(Br)c1)C(=O)O. The van der Waals surface area contributed by atoms with Gasteiger partial charge >= 0.3 is 5.97 Å². The number of nitrogens with one attached hydrogen (secondary N) is 1. The van der Waals surface area contributed by atoms with Crippen molar-refractivity contribution in [2.24, 2.45) is 0 Å². The van der Waals surface area contributed by atoms with Gasteiger partial charge in [-0.1, -0.05) is 28.1 Å². The van der Waals surface area contributed by atoms with Crippen LogP contribution >= 0.6 is 27.7 Å². The fraction of sp³-hybridized carbons (Fsp3) is 0.333. The number of carboxylic acid groups (broad SMARTS) is 1. The lowest BCUT2D eigenvalue weighted by Gasteiger charge is -2.12. The first kappa shape index (κ1) is 15.0. The van der Waals surface area contributed by atoms with Gasteiger partial charge in [0.2, 0.25) is 5.91 Å². The Hall–Kier alpha value is -1.01. The number of benzene rings is 1. The summed E-state index contributed by atoms with van der Waals surface area (Å²) in [5.74, 6) is -0.276. The summed E-state index contributed by atoms with van der Waals surface area (Å²) in [6, 6.07) is 7.00. The van der Waals surface area contributed by atoms with Crippen LogP contribution in [0.3, 0.4) is 0 Å². The molecule has 98 valence electrons. The lowest BCUT2D eigenvalue weighted by Crippen LogP contribution is -2.41. The molecule has 0 heterocycles. The van der Waals surface area contributed by atoms with E-state index >= 15 is 0 Å². The van der Waals surface area contributed by atoms with Crippen LogP contribution in [-0.2, 0) is 15.3 Å². The van der Waals surface area contributed by atoms with Crippen molar-refractivity contribution in [3.63, 3.8) is 0 Å². The first-order valence-corrected chi connectivity index (χ1v) is 7.26. The molecule has 1 aromatic rings. The molecule has 0 fully saturated rings. The van der Waals surface area contributed by atoms with Crippen molar-refractivity contribution in [3.8, 4) is 0 Å². The van der Waals surface area contributed by atoms with E-state index in [1.165, 1.54) is 18.7 Å². The van der Waals surface area contributed by atoms with Crippen LogP contribution in [0.25, 0.3) is 0 Å². The molecule has 0 aliphatic rings. The van der Waals surface area contributed by atoms with Crippen molar-refractivity contribution in [1.29, 1.82) is 0 Å². The van der Waals surface area contributed by atoms with E-state index in [1.54, 1.807) is 0 Å². The van der Waals surface area contributed by atoms with Gasteiger partial charge in [-0.3, -0.25) is 4.79 Å². The van der Waals surface area contributed by atoms with Gasteiger partial charge in [0.1, 0.15) is 6.04 Å². The first-order chi connectivity index (χ1) is 8.49. The summed E-state index contributed by atoms with van der Waals surface area (Å²) in [4.78, 5) is 21.7.